The van der Waals surface area contributed by atoms with Gasteiger partial charge in [-0.3, -0.25) is 0 Å². The van der Waals surface area contributed by atoms with Crippen LogP contribution in [0.2, 0.25) is 13.1 Å². The maximum atomic E-state index is 2.50. The van der Waals surface area contributed by atoms with Crippen LogP contribution < -0.4 is 24.8 Å². The van der Waals surface area contributed by atoms with E-state index in [0.717, 1.165) is 3.63 Å². The minimum Gasteiger partial charge on any atom is -1.00 e. The summed E-state index contributed by atoms with van der Waals surface area (Å²) in [6, 6.07) is 11.6. The number of hydrogen-bond acceptors (Lipinski definition) is 0. The van der Waals surface area contributed by atoms with Crippen molar-refractivity contribution in [1.29, 1.82) is 0 Å². The van der Waals surface area contributed by atoms with Gasteiger partial charge in [0.05, 0.1) is 0 Å². The smallest absolute Gasteiger partial charge is 1.00 e. The summed E-state index contributed by atoms with van der Waals surface area (Å²) in [5.74, 6) is -0.0609. The van der Waals surface area contributed by atoms with Gasteiger partial charge in [-0.05, 0) is 0 Å². The average Bonchev–Trinajstić information content (AvgIpc) is 2.75. The summed E-state index contributed by atoms with van der Waals surface area (Å²) < 4.78 is 0.809. The van der Waals surface area contributed by atoms with E-state index >= 15 is 0 Å². The van der Waals surface area contributed by atoms with Gasteiger partial charge in [0.25, 0.3) is 0 Å². The number of halogens is 2. The standard InChI is InChI=1S/C19H19.C2H6Si.2ClH.Zr/c1-12-8-14(3)19(15(4)9-12)17-7-5-6-16-10-13(2)11-18(16)17;1-3-2;;;/h5-11H,1-4H3;1-2H3;2*1H;/q;;;;+2/p-2. The molecule has 0 spiro atoms. The predicted molar refractivity (Wildman–Crippen MR) is 100.0 cm³/mol. The van der Waals surface area contributed by atoms with Gasteiger partial charge in [0.15, 0.2) is 0 Å². The molecule has 0 amide bonds. The molecule has 0 saturated carbocycles. The molecule has 0 fully saturated rings. The molecule has 0 aromatic heterocycles. The zero-order valence-corrected chi connectivity index (χ0v) is 20.8. The van der Waals surface area contributed by atoms with Crippen LogP contribution in [0.3, 0.4) is 0 Å². The molecule has 1 radical (unpaired) electrons. The fourth-order valence-corrected chi connectivity index (χ4v) is 12.7. The Morgan fingerprint density at radius 3 is 2.08 bits per heavy atom. The van der Waals surface area contributed by atoms with Gasteiger partial charge in [-0.1, -0.05) is 0 Å². The molecule has 3 rings (SSSR count). The molecule has 131 valence electrons. The van der Waals surface area contributed by atoms with E-state index in [0.29, 0.717) is 0 Å². The van der Waals surface area contributed by atoms with Gasteiger partial charge in [-0.15, -0.1) is 0 Å². The Balaban J connectivity index is 0.00000156. The number of rotatable bonds is 3. The molecule has 0 N–H and O–H groups in total. The van der Waals surface area contributed by atoms with Gasteiger partial charge < -0.3 is 24.8 Å². The molecular weight excluding hydrogens is 442 g/mol. The number of hydrogen-bond donors (Lipinski definition) is 0. The third-order valence-electron chi connectivity index (χ3n) is 4.66. The number of allylic oxidation sites excluding steroid dienone is 1. The predicted octanol–water partition coefficient (Wildman–Crippen LogP) is 0.0785. The first-order valence-electron chi connectivity index (χ1n) is 8.34. The molecule has 0 nitrogen and oxygen atoms in total. The first kappa shape index (κ1) is 22.9. The molecule has 1 atom stereocenters. The fraction of sp³-hybridized carbons (Fsp3) is 0.333. The van der Waals surface area contributed by atoms with Crippen molar-refractivity contribution in [3.8, 4) is 11.1 Å². The summed E-state index contributed by atoms with van der Waals surface area (Å²) >= 11 is -0.327. The minimum atomic E-state index is -0.327. The molecular formula is C21H25Cl2SiZr. The first-order valence-corrected chi connectivity index (χ1v) is 15.9. The van der Waals surface area contributed by atoms with E-state index in [9.17, 15) is 0 Å². The van der Waals surface area contributed by atoms with E-state index in [1.807, 2.05) is 0 Å². The van der Waals surface area contributed by atoms with Crippen LogP contribution >= 0.6 is 0 Å². The topological polar surface area (TPSA) is 0 Å². The Morgan fingerprint density at radius 1 is 0.920 bits per heavy atom. The fourth-order valence-electron chi connectivity index (χ4n) is 3.86. The van der Waals surface area contributed by atoms with Crippen molar-refractivity contribution >= 4 is 12.0 Å². The molecule has 1 unspecified atom stereocenters. The van der Waals surface area contributed by atoms with Gasteiger partial charge in [-0.25, -0.2) is 0 Å². The van der Waals surface area contributed by atoms with Gasteiger partial charge in [0.1, 0.15) is 0 Å². The van der Waals surface area contributed by atoms with E-state index in [2.05, 4.69) is 77.2 Å². The van der Waals surface area contributed by atoms with Gasteiger partial charge >= 0.3 is 154 Å². The summed E-state index contributed by atoms with van der Waals surface area (Å²) in [6.07, 6.45) is 2.49. The van der Waals surface area contributed by atoms with E-state index in [4.69, 9.17) is 0 Å². The van der Waals surface area contributed by atoms with Crippen molar-refractivity contribution in [2.24, 2.45) is 0 Å². The Bertz CT molecular complexity index is 773. The number of fused-ring (bicyclic) bond motifs is 1. The largest absolute Gasteiger partial charge is 1.00 e. The molecule has 0 aliphatic heterocycles. The van der Waals surface area contributed by atoms with Crippen LogP contribution in [0.25, 0.3) is 17.2 Å². The molecule has 0 saturated heterocycles. The van der Waals surface area contributed by atoms with E-state index < -0.39 is 0 Å². The first-order chi connectivity index (χ1) is 10.9. The zero-order chi connectivity index (χ0) is 16.7. The second-order valence-electron chi connectivity index (χ2n) is 7.05. The van der Waals surface area contributed by atoms with Crippen LogP contribution in [0.15, 0.2) is 35.9 Å². The van der Waals surface area contributed by atoms with E-state index in [1.165, 1.54) is 33.4 Å². The Labute approximate surface area is 177 Å². The Morgan fingerprint density at radius 2 is 1.52 bits per heavy atom. The maximum Gasteiger partial charge on any atom is -1.00 e. The molecule has 1 aliphatic carbocycles. The summed E-state index contributed by atoms with van der Waals surface area (Å²) in [5, 5.41) is 0. The molecule has 0 bridgehead atoms. The van der Waals surface area contributed by atoms with Gasteiger partial charge in [0.2, 0.25) is 0 Å². The van der Waals surface area contributed by atoms with Crippen LogP contribution in [0.4, 0.5) is 0 Å². The van der Waals surface area contributed by atoms with Gasteiger partial charge in [-0.2, -0.15) is 0 Å². The van der Waals surface area contributed by atoms with Crippen molar-refractivity contribution in [2.45, 2.75) is 44.4 Å². The molecule has 25 heavy (non-hydrogen) atoms. The normalized spacial score (nSPS) is 15.0. The van der Waals surface area contributed by atoms with Crippen LogP contribution in [0.1, 0.15) is 38.4 Å². The SMILES string of the molecule is CC1=Cc2c(-c3c(C)cc(C)cc3C)cccc2[CH]1[Zr+2][Si](C)C.[Cl-].[Cl-]. The van der Waals surface area contributed by atoms with Gasteiger partial charge in [0, 0.05) is 0 Å². The monoisotopic (exact) mass is 465 g/mol. The summed E-state index contributed by atoms with van der Waals surface area (Å²) in [5.41, 5.74) is 11.8. The van der Waals surface area contributed by atoms with Crippen LogP contribution in [0.5, 0.6) is 0 Å². The van der Waals surface area contributed by atoms with Crippen LogP contribution in [0, 0.1) is 20.8 Å². The van der Waals surface area contributed by atoms with Crippen molar-refractivity contribution in [3.05, 3.63) is 63.7 Å². The van der Waals surface area contributed by atoms with Crippen molar-refractivity contribution < 1.29 is 47.2 Å². The van der Waals surface area contributed by atoms with E-state index in [1.54, 1.807) is 11.1 Å². The molecule has 2 aromatic carbocycles. The molecule has 4 heteroatoms. The zero-order valence-electron chi connectivity index (χ0n) is 15.8. The summed E-state index contributed by atoms with van der Waals surface area (Å²) in [7, 11) is 0. The number of aryl methyl sites for hydroxylation is 3. The third-order valence-corrected chi connectivity index (χ3v) is 13.8. The number of benzene rings is 2. The van der Waals surface area contributed by atoms with Crippen LogP contribution in [-0.4, -0.2) is 5.92 Å². The summed E-state index contributed by atoms with van der Waals surface area (Å²) in [6.45, 7) is 14.1. The van der Waals surface area contributed by atoms with Crippen molar-refractivity contribution in [1.82, 2.24) is 0 Å². The van der Waals surface area contributed by atoms with Crippen LogP contribution in [-0.2, 0) is 22.4 Å². The van der Waals surface area contributed by atoms with E-state index in [-0.39, 0.29) is 53.1 Å². The Kier molecular flexibility index (Phi) is 8.41. The summed E-state index contributed by atoms with van der Waals surface area (Å²) in [4.78, 5) is 0. The maximum absolute atomic E-state index is 2.50. The second kappa shape index (κ2) is 9.18. The molecule has 0 heterocycles. The average molecular weight is 468 g/mol. The Hall–Kier alpha value is -0.140. The second-order valence-corrected chi connectivity index (χ2v) is 20.3. The third kappa shape index (κ3) is 4.59. The van der Waals surface area contributed by atoms with Crippen molar-refractivity contribution in [2.75, 3.05) is 0 Å². The quantitative estimate of drug-likeness (QED) is 0.561. The molecule has 2 aromatic rings. The van der Waals surface area contributed by atoms with Crippen molar-refractivity contribution in [3.63, 3.8) is 0 Å². The molecule has 1 aliphatic rings. The minimum absolute atomic E-state index is 0.